The zero-order valence-electron chi connectivity index (χ0n) is 11.6. The number of hydrogen-bond donors (Lipinski definition) is 1. The van der Waals surface area contributed by atoms with Crippen LogP contribution < -0.4 is 5.32 Å². The van der Waals surface area contributed by atoms with Gasteiger partial charge in [0, 0.05) is 22.6 Å². The van der Waals surface area contributed by atoms with Gasteiger partial charge < -0.3 is 10.2 Å². The molecule has 1 heterocycles. The molecule has 1 saturated heterocycles. The molecule has 19 heavy (non-hydrogen) atoms. The van der Waals surface area contributed by atoms with E-state index in [-0.39, 0.29) is 5.91 Å². The molecule has 0 aromatic heterocycles. The maximum atomic E-state index is 12.7. The number of halogens is 1. The smallest absolute Gasteiger partial charge is 0.254 e. The van der Waals surface area contributed by atoms with E-state index < -0.39 is 0 Å². The van der Waals surface area contributed by atoms with Crippen molar-refractivity contribution in [1.29, 1.82) is 0 Å². The van der Waals surface area contributed by atoms with Gasteiger partial charge in [0.25, 0.3) is 5.91 Å². The van der Waals surface area contributed by atoms with E-state index in [4.69, 9.17) is 0 Å². The van der Waals surface area contributed by atoms with Crippen LogP contribution in [0.5, 0.6) is 0 Å². The Kier molecular flexibility index (Phi) is 4.99. The van der Waals surface area contributed by atoms with Crippen LogP contribution >= 0.6 is 15.9 Å². The summed E-state index contributed by atoms with van der Waals surface area (Å²) in [5, 5.41) is 3.35. The largest absolute Gasteiger partial charge is 0.336 e. The fraction of sp³-hybridized carbons (Fsp3) is 0.533. The van der Waals surface area contributed by atoms with Gasteiger partial charge in [0.1, 0.15) is 0 Å². The first-order valence-corrected chi connectivity index (χ1v) is 7.70. The van der Waals surface area contributed by atoms with E-state index in [1.807, 2.05) is 30.0 Å². The number of benzene rings is 1. The summed E-state index contributed by atoms with van der Waals surface area (Å²) in [5.41, 5.74) is 1.89. The molecule has 0 aliphatic carbocycles. The van der Waals surface area contributed by atoms with E-state index in [0.29, 0.717) is 6.04 Å². The molecule has 1 aliphatic heterocycles. The molecular formula is C15H21BrN2O. The lowest BCUT2D eigenvalue weighted by atomic mass is 10.0. The van der Waals surface area contributed by atoms with Gasteiger partial charge in [0.05, 0.1) is 0 Å². The molecule has 0 bridgehead atoms. The molecule has 104 valence electrons. The second-order valence-corrected chi connectivity index (χ2v) is 6.01. The second kappa shape index (κ2) is 6.53. The molecule has 1 aromatic rings. The van der Waals surface area contributed by atoms with E-state index in [2.05, 4.69) is 28.2 Å². The zero-order chi connectivity index (χ0) is 13.8. The van der Waals surface area contributed by atoms with Crippen LogP contribution in [0.25, 0.3) is 0 Å². The van der Waals surface area contributed by atoms with Crippen molar-refractivity contribution in [2.24, 2.45) is 0 Å². The lowest BCUT2D eigenvalue weighted by molar-refractivity contribution is 0.0656. The SMILES string of the molecule is CCN(C(=O)c1cc(C)cc(Br)c1)C1CCNCC1. The van der Waals surface area contributed by atoms with Crippen LogP contribution in [-0.2, 0) is 0 Å². The van der Waals surface area contributed by atoms with Gasteiger partial charge in [0.2, 0.25) is 0 Å². The lowest BCUT2D eigenvalue weighted by Crippen LogP contribution is -2.46. The van der Waals surface area contributed by atoms with Gasteiger partial charge >= 0.3 is 0 Å². The number of piperidine rings is 1. The summed E-state index contributed by atoms with van der Waals surface area (Å²) < 4.78 is 0.970. The Balaban J connectivity index is 2.19. The number of carbonyl (C=O) groups excluding carboxylic acids is 1. The number of nitrogens with one attached hydrogen (secondary N) is 1. The Bertz CT molecular complexity index is 435. The highest BCUT2D eigenvalue weighted by atomic mass is 79.9. The number of rotatable bonds is 3. The predicted octanol–water partition coefficient (Wildman–Crippen LogP) is 2.97. The molecule has 3 nitrogen and oxygen atoms in total. The minimum atomic E-state index is 0.152. The monoisotopic (exact) mass is 324 g/mol. The Labute approximate surface area is 123 Å². The van der Waals surface area contributed by atoms with E-state index >= 15 is 0 Å². The van der Waals surface area contributed by atoms with Gasteiger partial charge in [-0.05, 0) is 63.5 Å². The summed E-state index contributed by atoms with van der Waals surface area (Å²) in [6.45, 7) is 6.86. The molecule has 0 radical (unpaired) electrons. The molecule has 1 N–H and O–H groups in total. The summed E-state index contributed by atoms with van der Waals surface area (Å²) in [6, 6.07) is 6.28. The lowest BCUT2D eigenvalue weighted by Gasteiger charge is -2.34. The molecule has 0 saturated carbocycles. The summed E-state index contributed by atoms with van der Waals surface area (Å²) >= 11 is 3.47. The highest BCUT2D eigenvalue weighted by Crippen LogP contribution is 2.20. The Hall–Kier alpha value is -0.870. The molecular weight excluding hydrogens is 304 g/mol. The minimum Gasteiger partial charge on any atom is -0.336 e. The first-order valence-electron chi connectivity index (χ1n) is 6.90. The molecule has 0 spiro atoms. The number of amides is 1. The van der Waals surface area contributed by atoms with Crippen molar-refractivity contribution in [3.63, 3.8) is 0 Å². The minimum absolute atomic E-state index is 0.152. The van der Waals surface area contributed by atoms with Crippen LogP contribution in [-0.4, -0.2) is 36.5 Å². The normalized spacial score (nSPS) is 16.4. The van der Waals surface area contributed by atoms with Gasteiger partial charge in [-0.2, -0.15) is 0 Å². The quantitative estimate of drug-likeness (QED) is 0.927. The number of hydrogen-bond acceptors (Lipinski definition) is 2. The maximum absolute atomic E-state index is 12.7. The summed E-state index contributed by atoms with van der Waals surface area (Å²) in [6.07, 6.45) is 2.10. The van der Waals surface area contributed by atoms with Gasteiger partial charge in [0.15, 0.2) is 0 Å². The van der Waals surface area contributed by atoms with Crippen molar-refractivity contribution >= 4 is 21.8 Å². The van der Waals surface area contributed by atoms with Crippen LogP contribution in [0.1, 0.15) is 35.7 Å². The second-order valence-electron chi connectivity index (χ2n) is 5.09. The first-order chi connectivity index (χ1) is 9.11. The van der Waals surface area contributed by atoms with Gasteiger partial charge in [-0.3, -0.25) is 4.79 Å². The van der Waals surface area contributed by atoms with Crippen LogP contribution in [0.3, 0.4) is 0 Å². The fourth-order valence-electron chi connectivity index (χ4n) is 2.71. The van der Waals surface area contributed by atoms with Crippen LogP contribution in [0.15, 0.2) is 22.7 Å². The summed E-state index contributed by atoms with van der Waals surface area (Å²) in [5.74, 6) is 0.152. The first kappa shape index (κ1) is 14.5. The topological polar surface area (TPSA) is 32.3 Å². The van der Waals surface area contributed by atoms with Crippen molar-refractivity contribution in [1.82, 2.24) is 10.2 Å². The highest BCUT2D eigenvalue weighted by Gasteiger charge is 2.25. The number of carbonyl (C=O) groups is 1. The average molecular weight is 325 g/mol. The van der Waals surface area contributed by atoms with Crippen molar-refractivity contribution in [3.8, 4) is 0 Å². The molecule has 1 aromatic carbocycles. The molecule has 0 unspecified atom stereocenters. The van der Waals surface area contributed by atoms with Crippen LogP contribution in [0, 0.1) is 6.92 Å². The number of aryl methyl sites for hydroxylation is 1. The average Bonchev–Trinajstić information content (AvgIpc) is 2.39. The molecule has 2 rings (SSSR count). The Morgan fingerprint density at radius 1 is 1.37 bits per heavy atom. The third-order valence-corrected chi connectivity index (χ3v) is 4.10. The van der Waals surface area contributed by atoms with Crippen molar-refractivity contribution in [3.05, 3.63) is 33.8 Å². The molecule has 1 amide bonds. The predicted molar refractivity (Wildman–Crippen MR) is 81.5 cm³/mol. The molecule has 0 atom stereocenters. The summed E-state index contributed by atoms with van der Waals surface area (Å²) in [7, 11) is 0. The fourth-order valence-corrected chi connectivity index (χ4v) is 3.32. The third-order valence-electron chi connectivity index (χ3n) is 3.64. The molecule has 1 aliphatic rings. The highest BCUT2D eigenvalue weighted by molar-refractivity contribution is 9.10. The van der Waals surface area contributed by atoms with Crippen molar-refractivity contribution in [2.75, 3.05) is 19.6 Å². The van der Waals surface area contributed by atoms with Crippen molar-refractivity contribution < 1.29 is 4.79 Å². The van der Waals surface area contributed by atoms with E-state index in [0.717, 1.165) is 48.1 Å². The third kappa shape index (κ3) is 3.57. The Morgan fingerprint density at radius 2 is 2.05 bits per heavy atom. The van der Waals surface area contributed by atoms with Gasteiger partial charge in [-0.25, -0.2) is 0 Å². The van der Waals surface area contributed by atoms with E-state index in [9.17, 15) is 4.79 Å². The molecule has 4 heteroatoms. The zero-order valence-corrected chi connectivity index (χ0v) is 13.2. The summed E-state index contributed by atoms with van der Waals surface area (Å²) in [4.78, 5) is 14.7. The van der Waals surface area contributed by atoms with Crippen LogP contribution in [0.2, 0.25) is 0 Å². The maximum Gasteiger partial charge on any atom is 0.254 e. The van der Waals surface area contributed by atoms with Gasteiger partial charge in [-0.1, -0.05) is 15.9 Å². The Morgan fingerprint density at radius 3 is 2.63 bits per heavy atom. The van der Waals surface area contributed by atoms with E-state index in [1.165, 1.54) is 0 Å². The van der Waals surface area contributed by atoms with Crippen LogP contribution in [0.4, 0.5) is 0 Å². The molecule has 1 fully saturated rings. The van der Waals surface area contributed by atoms with Gasteiger partial charge in [-0.15, -0.1) is 0 Å². The number of nitrogens with zero attached hydrogens (tertiary/aromatic N) is 1. The standard InChI is InChI=1S/C15H21BrN2O/c1-3-18(14-4-6-17-7-5-14)15(19)12-8-11(2)9-13(16)10-12/h8-10,14,17H,3-7H2,1-2H3. The van der Waals surface area contributed by atoms with E-state index in [1.54, 1.807) is 0 Å². The van der Waals surface area contributed by atoms with Crippen molar-refractivity contribution in [2.45, 2.75) is 32.7 Å².